The molecule has 0 fully saturated rings. The van der Waals surface area contributed by atoms with Crippen LogP contribution in [0.25, 0.3) is 5.69 Å². The molecule has 0 unspecified atom stereocenters. The topological polar surface area (TPSA) is 88.9 Å². The summed E-state index contributed by atoms with van der Waals surface area (Å²) in [5, 5.41) is 9.78. The van der Waals surface area contributed by atoms with E-state index in [1.54, 1.807) is 36.4 Å². The first kappa shape index (κ1) is 18.1. The van der Waals surface area contributed by atoms with Crippen molar-refractivity contribution in [1.29, 1.82) is 0 Å². The van der Waals surface area contributed by atoms with E-state index in [9.17, 15) is 9.59 Å². The minimum atomic E-state index is -0.500. The molecule has 29 heavy (non-hydrogen) atoms. The summed E-state index contributed by atoms with van der Waals surface area (Å²) >= 11 is 0. The first-order chi connectivity index (χ1) is 14.2. The lowest BCUT2D eigenvalue weighted by atomic mass is 10.3. The number of hydrogen-bond donors (Lipinski definition) is 2. The molecule has 2 N–H and O–H groups in total. The Morgan fingerprint density at radius 2 is 1.14 bits per heavy atom. The van der Waals surface area contributed by atoms with E-state index in [1.807, 2.05) is 54.6 Å². The molecule has 0 spiro atoms. The summed E-state index contributed by atoms with van der Waals surface area (Å²) in [7, 11) is 0. The number of anilines is 2. The lowest BCUT2D eigenvalue weighted by molar-refractivity contribution is 0.101. The van der Waals surface area contributed by atoms with Crippen LogP contribution in [0.5, 0.6) is 0 Å². The number of carbonyl (C=O) groups excluding carboxylic acids is 2. The molecule has 1 heterocycles. The van der Waals surface area contributed by atoms with Gasteiger partial charge in [0.2, 0.25) is 11.6 Å². The Balaban J connectivity index is 1.67. The highest BCUT2D eigenvalue weighted by molar-refractivity contribution is 6.05. The van der Waals surface area contributed by atoms with Crippen LogP contribution in [-0.2, 0) is 0 Å². The zero-order valence-electron chi connectivity index (χ0n) is 15.3. The third kappa shape index (κ3) is 4.19. The molecule has 0 saturated heterocycles. The Morgan fingerprint density at radius 3 is 1.69 bits per heavy atom. The summed E-state index contributed by atoms with van der Waals surface area (Å²) in [5.41, 5.74) is 1.86. The van der Waals surface area contributed by atoms with Crippen LogP contribution in [0.2, 0.25) is 0 Å². The van der Waals surface area contributed by atoms with Crippen LogP contribution in [0.3, 0.4) is 0 Å². The standard InChI is InChI=1S/C22H17N5O2/c28-21(23-16-10-4-1-5-11-16)19-25-20(22(29)24-17-12-6-2-7-13-17)27(26-19)18-14-8-3-9-15-18/h1-15H,(H,23,28)(H,24,29). The van der Waals surface area contributed by atoms with Crippen molar-refractivity contribution in [3.05, 3.63) is 103 Å². The number of nitrogens with one attached hydrogen (secondary N) is 2. The van der Waals surface area contributed by atoms with Crippen LogP contribution in [0.15, 0.2) is 91.0 Å². The van der Waals surface area contributed by atoms with Gasteiger partial charge in [0.05, 0.1) is 5.69 Å². The number of para-hydroxylation sites is 3. The maximum Gasteiger partial charge on any atom is 0.295 e. The van der Waals surface area contributed by atoms with Crippen molar-refractivity contribution in [3.8, 4) is 5.69 Å². The third-order valence-electron chi connectivity index (χ3n) is 4.08. The highest BCUT2D eigenvalue weighted by atomic mass is 16.2. The smallest absolute Gasteiger partial charge is 0.295 e. The summed E-state index contributed by atoms with van der Waals surface area (Å²) < 4.78 is 1.36. The summed E-state index contributed by atoms with van der Waals surface area (Å²) in [6, 6.07) is 27.1. The van der Waals surface area contributed by atoms with Crippen LogP contribution in [0, 0.1) is 0 Å². The van der Waals surface area contributed by atoms with Gasteiger partial charge < -0.3 is 10.6 Å². The average Bonchev–Trinajstić information content (AvgIpc) is 3.22. The second-order valence-electron chi connectivity index (χ2n) is 6.15. The van der Waals surface area contributed by atoms with Gasteiger partial charge in [0, 0.05) is 11.4 Å². The maximum atomic E-state index is 12.8. The van der Waals surface area contributed by atoms with Crippen LogP contribution < -0.4 is 10.6 Å². The molecule has 3 aromatic carbocycles. The Kier molecular flexibility index (Phi) is 5.11. The van der Waals surface area contributed by atoms with Gasteiger partial charge >= 0.3 is 0 Å². The van der Waals surface area contributed by atoms with Gasteiger partial charge in [0.25, 0.3) is 11.8 Å². The summed E-state index contributed by atoms with van der Waals surface area (Å²) in [6.45, 7) is 0. The fraction of sp³-hybridized carbons (Fsp3) is 0. The van der Waals surface area contributed by atoms with E-state index in [1.165, 1.54) is 4.68 Å². The lowest BCUT2D eigenvalue weighted by Gasteiger charge is -2.06. The zero-order chi connectivity index (χ0) is 20.1. The van der Waals surface area contributed by atoms with Gasteiger partial charge in [-0.15, -0.1) is 5.10 Å². The number of rotatable bonds is 5. The third-order valence-corrected chi connectivity index (χ3v) is 4.08. The van der Waals surface area contributed by atoms with E-state index in [0.29, 0.717) is 17.1 Å². The van der Waals surface area contributed by atoms with Crippen molar-refractivity contribution in [2.45, 2.75) is 0 Å². The number of amides is 2. The van der Waals surface area contributed by atoms with Gasteiger partial charge in [-0.3, -0.25) is 9.59 Å². The number of aromatic nitrogens is 3. The molecule has 0 aliphatic heterocycles. The summed E-state index contributed by atoms with van der Waals surface area (Å²) in [5.74, 6) is -1.06. The van der Waals surface area contributed by atoms with E-state index >= 15 is 0 Å². The van der Waals surface area contributed by atoms with Gasteiger partial charge in [-0.25, -0.2) is 4.68 Å². The Hall–Kier alpha value is -4.26. The van der Waals surface area contributed by atoms with Crippen LogP contribution in [-0.4, -0.2) is 26.6 Å². The average molecular weight is 383 g/mol. The molecule has 0 bridgehead atoms. The van der Waals surface area contributed by atoms with E-state index in [-0.39, 0.29) is 11.6 Å². The Labute approximate surface area is 167 Å². The van der Waals surface area contributed by atoms with E-state index < -0.39 is 11.8 Å². The number of hydrogen-bond acceptors (Lipinski definition) is 4. The van der Waals surface area contributed by atoms with Crippen molar-refractivity contribution < 1.29 is 9.59 Å². The quantitative estimate of drug-likeness (QED) is 0.549. The molecule has 4 aromatic rings. The Bertz CT molecular complexity index is 1130. The monoisotopic (exact) mass is 383 g/mol. The minimum Gasteiger partial charge on any atom is -0.319 e. The fourth-order valence-electron chi connectivity index (χ4n) is 2.72. The molecule has 2 amide bonds. The molecular formula is C22H17N5O2. The molecule has 0 saturated carbocycles. The number of nitrogens with zero attached hydrogens (tertiary/aromatic N) is 3. The first-order valence-corrected chi connectivity index (χ1v) is 8.96. The van der Waals surface area contributed by atoms with Crippen LogP contribution in [0.1, 0.15) is 21.2 Å². The normalized spacial score (nSPS) is 10.3. The van der Waals surface area contributed by atoms with Crippen molar-refractivity contribution in [1.82, 2.24) is 14.8 Å². The number of benzene rings is 3. The second kappa shape index (κ2) is 8.18. The maximum absolute atomic E-state index is 12.8. The highest BCUT2D eigenvalue weighted by Crippen LogP contribution is 2.14. The molecule has 142 valence electrons. The predicted molar refractivity (Wildman–Crippen MR) is 110 cm³/mol. The minimum absolute atomic E-state index is 0.0123. The molecule has 0 aliphatic rings. The van der Waals surface area contributed by atoms with Gasteiger partial charge in [0.15, 0.2) is 0 Å². The van der Waals surface area contributed by atoms with Crippen LogP contribution in [0.4, 0.5) is 11.4 Å². The van der Waals surface area contributed by atoms with E-state index in [2.05, 4.69) is 20.7 Å². The van der Waals surface area contributed by atoms with Crippen LogP contribution >= 0.6 is 0 Å². The predicted octanol–water partition coefficient (Wildman–Crippen LogP) is 3.77. The van der Waals surface area contributed by atoms with Crippen molar-refractivity contribution >= 4 is 23.2 Å². The molecule has 7 nitrogen and oxygen atoms in total. The SMILES string of the molecule is O=C(Nc1ccccc1)c1nc(C(=O)Nc2ccccc2)n(-c2ccccc2)n1. The molecule has 0 radical (unpaired) electrons. The molecule has 0 aliphatic carbocycles. The van der Waals surface area contributed by atoms with Crippen molar-refractivity contribution in [3.63, 3.8) is 0 Å². The first-order valence-electron chi connectivity index (χ1n) is 8.96. The zero-order valence-corrected chi connectivity index (χ0v) is 15.3. The molecule has 1 aromatic heterocycles. The molecule has 7 heteroatoms. The molecular weight excluding hydrogens is 366 g/mol. The van der Waals surface area contributed by atoms with E-state index in [4.69, 9.17) is 0 Å². The highest BCUT2D eigenvalue weighted by Gasteiger charge is 2.22. The summed E-state index contributed by atoms with van der Waals surface area (Å²) in [6.07, 6.45) is 0. The van der Waals surface area contributed by atoms with Gasteiger partial charge in [-0.05, 0) is 36.4 Å². The lowest BCUT2D eigenvalue weighted by Crippen LogP contribution is -2.18. The largest absolute Gasteiger partial charge is 0.319 e. The van der Waals surface area contributed by atoms with Gasteiger partial charge in [-0.1, -0.05) is 54.6 Å². The molecule has 4 rings (SSSR count). The number of carbonyl (C=O) groups is 2. The fourth-order valence-corrected chi connectivity index (χ4v) is 2.72. The van der Waals surface area contributed by atoms with Gasteiger partial charge in [-0.2, -0.15) is 4.98 Å². The summed E-state index contributed by atoms with van der Waals surface area (Å²) in [4.78, 5) is 29.7. The van der Waals surface area contributed by atoms with Crippen molar-refractivity contribution in [2.75, 3.05) is 10.6 Å². The van der Waals surface area contributed by atoms with Gasteiger partial charge in [0.1, 0.15) is 0 Å². The second-order valence-corrected chi connectivity index (χ2v) is 6.15. The Morgan fingerprint density at radius 1 is 0.655 bits per heavy atom. The van der Waals surface area contributed by atoms with Crippen molar-refractivity contribution in [2.24, 2.45) is 0 Å². The van der Waals surface area contributed by atoms with E-state index in [0.717, 1.165) is 0 Å². The molecule has 0 atom stereocenters.